The van der Waals surface area contributed by atoms with Crippen LogP contribution in [-0.2, 0) is 41.5 Å². The van der Waals surface area contributed by atoms with Crippen molar-refractivity contribution in [1.29, 1.82) is 0 Å². The van der Waals surface area contributed by atoms with Gasteiger partial charge in [0, 0.05) is 12.4 Å². The van der Waals surface area contributed by atoms with Gasteiger partial charge < -0.3 is 63.5 Å². The molecule has 23 heteroatoms. The average molecular weight is 602 g/mol. The molecule has 0 aliphatic carbocycles. The second-order valence-corrected chi connectivity index (χ2v) is 11.3. The monoisotopic (exact) mass is 602 g/mol. The third-order valence-electron chi connectivity index (χ3n) is 5.15. The van der Waals surface area contributed by atoms with Crippen molar-refractivity contribution < 1.29 is 86.2 Å². The van der Waals surface area contributed by atoms with Crippen LogP contribution in [0.15, 0.2) is 18.7 Å². The number of rotatable bonds is 11. The lowest BCUT2D eigenvalue weighted by Gasteiger charge is -2.44. The van der Waals surface area contributed by atoms with Gasteiger partial charge in [0.05, 0.1) is 19.5 Å². The second-order valence-electron chi connectivity index (χ2n) is 7.76. The van der Waals surface area contributed by atoms with Gasteiger partial charge >= 0.3 is 23.5 Å². The maximum absolute atomic E-state index is 11.6. The van der Waals surface area contributed by atoms with E-state index in [1.54, 1.807) is 0 Å². The van der Waals surface area contributed by atoms with Gasteiger partial charge in [-0.1, -0.05) is 0 Å². The van der Waals surface area contributed by atoms with Gasteiger partial charge in [0.2, 0.25) is 0 Å². The molecule has 20 nitrogen and oxygen atoms in total. The predicted octanol–water partition coefficient (Wildman–Crippen LogP) is -3.33. The molecule has 1 aromatic rings. The first-order valence-corrected chi connectivity index (χ1v) is 14.7. The maximum atomic E-state index is 11.6. The summed E-state index contributed by atoms with van der Waals surface area (Å²) in [6.45, 7) is -1.92. The summed E-state index contributed by atoms with van der Waals surface area (Å²) in [6, 6.07) is 0. The summed E-state index contributed by atoms with van der Waals surface area (Å²) in [4.78, 5) is 59.4. The fourth-order valence-electron chi connectivity index (χ4n) is 3.82. The number of hydrogen-bond acceptors (Lipinski definition) is 13. The summed E-state index contributed by atoms with van der Waals surface area (Å²) in [7, 11) is -16.1. The fourth-order valence-corrected chi connectivity index (χ4v) is 5.50. The maximum Gasteiger partial charge on any atom is 0.470 e. The van der Waals surface area contributed by atoms with Crippen LogP contribution in [0.5, 0.6) is 0 Å². The van der Waals surface area contributed by atoms with Crippen LogP contribution >= 0.6 is 23.5 Å². The van der Waals surface area contributed by atoms with E-state index in [0.29, 0.717) is 0 Å². The highest BCUT2D eigenvalue weighted by atomic mass is 31.2. The lowest BCUT2D eigenvalue weighted by atomic mass is 9.99. The first-order chi connectivity index (χ1) is 17.0. The van der Waals surface area contributed by atoms with E-state index in [-0.39, 0.29) is 0 Å². The second kappa shape index (κ2) is 11.8. The Bertz CT molecular complexity index is 1020. The van der Waals surface area contributed by atoms with Gasteiger partial charge in [-0.25, -0.2) is 18.7 Å². The Morgan fingerprint density at radius 2 is 1.30 bits per heavy atom. The number of aliphatic hydroxyl groups is 3. The summed E-state index contributed by atoms with van der Waals surface area (Å²) < 4.78 is 65.8. The normalized spacial score (nSPS) is 35.6. The van der Waals surface area contributed by atoms with Crippen LogP contribution in [0.4, 0.5) is 0 Å². The number of aliphatic hydroxyl groups excluding tert-OH is 3. The van der Waals surface area contributed by atoms with Gasteiger partial charge in [-0.3, -0.25) is 13.6 Å². The van der Waals surface area contributed by atoms with Crippen LogP contribution in [0.3, 0.4) is 0 Å². The molecular weight excluding hydrogens is 577 g/mol. The number of phosphoric acid groups is 3. The molecule has 9 atom stereocenters. The molecule has 0 aromatic carbocycles. The number of hydrogen-bond donors (Lipinski definition) is 9. The number of aromatic nitrogens is 2. The molecule has 214 valence electrons. The van der Waals surface area contributed by atoms with Crippen molar-refractivity contribution >= 4 is 23.5 Å². The highest BCUT2D eigenvalue weighted by Crippen LogP contribution is 2.49. The molecule has 37 heavy (non-hydrogen) atoms. The minimum atomic E-state index is -5.46. The van der Waals surface area contributed by atoms with Crippen molar-refractivity contribution in [1.82, 2.24) is 9.55 Å². The van der Waals surface area contributed by atoms with Crippen molar-refractivity contribution in [3.05, 3.63) is 18.7 Å². The van der Waals surface area contributed by atoms with Gasteiger partial charge in [0.15, 0.2) is 12.5 Å². The van der Waals surface area contributed by atoms with Crippen molar-refractivity contribution in [3.8, 4) is 0 Å². The Hall–Kier alpha value is -0.700. The standard InChI is InChI=1S/C14H25N2O18P3/c17-3-6-9(12(34-37(26,27)28)13(29-6)16-2-1-15-5-16)31-14-8(19)11(33-36(23,24)25)10(7(4-18)30-14)32-35(20,21)22/h1-2,5-14,17-19H,3-4H2,(H2,20,21,22)(H2,23,24,25)(H2,26,27,28)/t6-,7-,8-,9-,10-,11-,12-,13-,14-/m1/s1. The molecule has 0 saturated carbocycles. The Labute approximate surface area is 207 Å². The molecule has 3 rings (SSSR count). The summed E-state index contributed by atoms with van der Waals surface area (Å²) in [6.07, 6.45) is -12.9. The van der Waals surface area contributed by atoms with E-state index in [4.69, 9.17) is 28.5 Å². The molecule has 2 saturated heterocycles. The van der Waals surface area contributed by atoms with Crippen molar-refractivity contribution in [2.75, 3.05) is 13.2 Å². The molecule has 0 spiro atoms. The summed E-state index contributed by atoms with van der Waals surface area (Å²) in [5.74, 6) is 0. The highest BCUT2D eigenvalue weighted by molar-refractivity contribution is 7.46. The van der Waals surface area contributed by atoms with Crippen LogP contribution < -0.4 is 0 Å². The molecule has 2 aliphatic heterocycles. The minimum Gasteiger partial charge on any atom is -0.394 e. The lowest BCUT2D eigenvalue weighted by Crippen LogP contribution is -2.61. The SMILES string of the molecule is O=P(O)(O)O[C@@H]1[C@@H](O)[C@@H](O[C@H]2[C@@H](OP(=O)(O)O)[C@H](n3ccnc3)O[C@@H]2CO)O[C@H](CO)[C@H]1OP(=O)(O)O. The van der Waals surface area contributed by atoms with Gasteiger partial charge in [0.25, 0.3) is 0 Å². The molecule has 0 bridgehead atoms. The predicted molar refractivity (Wildman–Crippen MR) is 111 cm³/mol. The lowest BCUT2D eigenvalue weighted by molar-refractivity contribution is -0.313. The van der Waals surface area contributed by atoms with Gasteiger partial charge in [-0.05, 0) is 0 Å². The molecule has 0 unspecified atom stereocenters. The minimum absolute atomic E-state index is 0.824. The fraction of sp³-hybridized carbons (Fsp3) is 0.786. The summed E-state index contributed by atoms with van der Waals surface area (Å²) >= 11 is 0. The zero-order valence-electron chi connectivity index (χ0n) is 18.3. The third-order valence-corrected chi connectivity index (χ3v) is 6.70. The van der Waals surface area contributed by atoms with Gasteiger partial charge in [0.1, 0.15) is 42.7 Å². The van der Waals surface area contributed by atoms with Crippen molar-refractivity contribution in [2.45, 2.75) is 55.2 Å². The number of nitrogens with zero attached hydrogens (tertiary/aromatic N) is 2. The first kappa shape index (κ1) is 30.8. The number of phosphoric ester groups is 3. The molecule has 0 radical (unpaired) electrons. The van der Waals surface area contributed by atoms with Crippen LogP contribution in [0.25, 0.3) is 0 Å². The van der Waals surface area contributed by atoms with Gasteiger partial charge in [-0.2, -0.15) is 0 Å². The van der Waals surface area contributed by atoms with Crippen LogP contribution in [-0.4, -0.2) is 116 Å². The smallest absolute Gasteiger partial charge is 0.394 e. The Morgan fingerprint density at radius 1 is 0.784 bits per heavy atom. The Balaban J connectivity index is 1.94. The Kier molecular flexibility index (Phi) is 9.84. The number of imidazole rings is 1. The van der Waals surface area contributed by atoms with Crippen LogP contribution in [0, 0.1) is 0 Å². The van der Waals surface area contributed by atoms with Gasteiger partial charge in [-0.15, -0.1) is 0 Å². The molecule has 2 aliphatic rings. The van der Waals surface area contributed by atoms with E-state index in [2.05, 4.69) is 14.0 Å². The van der Waals surface area contributed by atoms with E-state index in [1.165, 1.54) is 23.3 Å². The zero-order valence-corrected chi connectivity index (χ0v) is 21.0. The van der Waals surface area contributed by atoms with E-state index >= 15 is 0 Å². The Morgan fingerprint density at radius 3 is 1.78 bits per heavy atom. The van der Waals surface area contributed by atoms with E-state index < -0.39 is 91.9 Å². The highest BCUT2D eigenvalue weighted by Gasteiger charge is 2.56. The van der Waals surface area contributed by atoms with E-state index in [1.807, 2.05) is 0 Å². The van der Waals surface area contributed by atoms with Crippen molar-refractivity contribution in [2.24, 2.45) is 0 Å². The van der Waals surface area contributed by atoms with E-state index in [9.17, 15) is 48.6 Å². The number of ether oxygens (including phenoxy) is 3. The molecule has 3 heterocycles. The average Bonchev–Trinajstić information content (AvgIpc) is 3.38. The quantitative estimate of drug-likeness (QED) is 0.112. The largest absolute Gasteiger partial charge is 0.470 e. The third kappa shape index (κ3) is 8.15. The molecule has 2 fully saturated rings. The van der Waals surface area contributed by atoms with Crippen molar-refractivity contribution in [3.63, 3.8) is 0 Å². The van der Waals surface area contributed by atoms with Crippen LogP contribution in [0.2, 0.25) is 0 Å². The molecule has 0 amide bonds. The van der Waals surface area contributed by atoms with E-state index in [0.717, 1.165) is 0 Å². The zero-order chi connectivity index (χ0) is 27.8. The molecular formula is C14H25N2O18P3. The first-order valence-electron chi connectivity index (χ1n) is 10.1. The topological polar surface area (TPSA) is 306 Å². The van der Waals surface area contributed by atoms with Crippen LogP contribution in [0.1, 0.15) is 6.23 Å². The summed E-state index contributed by atoms with van der Waals surface area (Å²) in [5.41, 5.74) is 0. The molecule has 9 N–H and O–H groups in total. The molecule has 1 aromatic heterocycles. The summed E-state index contributed by atoms with van der Waals surface area (Å²) in [5, 5.41) is 30.2.